The Kier molecular flexibility index (Phi) is 3.97. The topological polar surface area (TPSA) is 21.7 Å². The van der Waals surface area contributed by atoms with Crippen LogP contribution in [0.1, 0.15) is 17.5 Å². The molecule has 0 aromatic heterocycles. The molecule has 1 heterocycles. The van der Waals surface area contributed by atoms with Crippen molar-refractivity contribution in [3.63, 3.8) is 0 Å². The Balaban J connectivity index is 2.12. The van der Waals surface area contributed by atoms with Crippen molar-refractivity contribution in [2.24, 2.45) is 0 Å². The number of halogens is 1. The maximum absolute atomic E-state index is 13.4. The quantitative estimate of drug-likeness (QED) is 0.804. The van der Waals surface area contributed by atoms with E-state index in [1.165, 1.54) is 6.07 Å². The van der Waals surface area contributed by atoms with Gasteiger partial charge in [-0.05, 0) is 51.2 Å². The Hall–Kier alpha value is -1.13. The monoisotopic (exact) mass is 239 g/mol. The van der Waals surface area contributed by atoms with Gasteiger partial charge in [-0.1, -0.05) is 0 Å². The van der Waals surface area contributed by atoms with Crippen LogP contribution in [0, 0.1) is 5.82 Å². The summed E-state index contributed by atoms with van der Waals surface area (Å²) in [5, 5.41) is 0. The van der Waals surface area contributed by atoms with Crippen molar-refractivity contribution >= 4 is 0 Å². The van der Waals surface area contributed by atoms with Crippen molar-refractivity contribution in [3.8, 4) is 5.75 Å². The molecule has 1 aliphatic rings. The number of nitrogens with zero attached hydrogens (tertiary/aromatic N) is 1. The number of ether oxygens (including phenoxy) is 2. The summed E-state index contributed by atoms with van der Waals surface area (Å²) in [5.41, 5.74) is 1.77. The highest BCUT2D eigenvalue weighted by molar-refractivity contribution is 5.42. The molecule has 1 aliphatic heterocycles. The van der Waals surface area contributed by atoms with Crippen molar-refractivity contribution in [3.05, 3.63) is 29.1 Å². The van der Waals surface area contributed by atoms with Crippen LogP contribution in [0.15, 0.2) is 12.1 Å². The van der Waals surface area contributed by atoms with Crippen LogP contribution in [0.25, 0.3) is 0 Å². The van der Waals surface area contributed by atoms with Gasteiger partial charge in [0.2, 0.25) is 0 Å². The standard InChI is InChI=1S/C13H18FNO2/c1-15(2)5-3-4-10-6-12(14)7-11-8-16-9-17-13(10)11/h6-7H,3-5,8-9H2,1-2H3. The second-order valence-corrected chi connectivity index (χ2v) is 4.57. The number of fused-ring (bicyclic) bond motifs is 1. The summed E-state index contributed by atoms with van der Waals surface area (Å²) >= 11 is 0. The van der Waals surface area contributed by atoms with E-state index in [4.69, 9.17) is 9.47 Å². The number of aryl methyl sites for hydroxylation is 1. The van der Waals surface area contributed by atoms with E-state index in [0.29, 0.717) is 6.61 Å². The molecule has 0 saturated carbocycles. The molecule has 0 atom stereocenters. The molecule has 0 bridgehead atoms. The Bertz CT molecular complexity index is 393. The molecule has 0 unspecified atom stereocenters. The van der Waals surface area contributed by atoms with Gasteiger partial charge in [0.25, 0.3) is 0 Å². The van der Waals surface area contributed by atoms with Gasteiger partial charge in [0.05, 0.1) is 6.61 Å². The summed E-state index contributed by atoms with van der Waals surface area (Å²) in [6.07, 6.45) is 1.82. The fourth-order valence-corrected chi connectivity index (χ4v) is 2.03. The second-order valence-electron chi connectivity index (χ2n) is 4.57. The van der Waals surface area contributed by atoms with Gasteiger partial charge in [-0.3, -0.25) is 0 Å². The smallest absolute Gasteiger partial charge is 0.189 e. The predicted octanol–water partition coefficient (Wildman–Crippen LogP) is 2.19. The minimum Gasteiger partial charge on any atom is -0.467 e. The average Bonchev–Trinajstić information content (AvgIpc) is 2.28. The first kappa shape index (κ1) is 12.3. The molecule has 0 amide bonds. The van der Waals surface area contributed by atoms with Crippen molar-refractivity contribution < 1.29 is 13.9 Å². The lowest BCUT2D eigenvalue weighted by atomic mass is 10.0. The summed E-state index contributed by atoms with van der Waals surface area (Å²) in [7, 11) is 4.07. The fourth-order valence-electron chi connectivity index (χ4n) is 2.03. The Morgan fingerprint density at radius 2 is 2.18 bits per heavy atom. The summed E-state index contributed by atoms with van der Waals surface area (Å²) in [6, 6.07) is 3.06. The van der Waals surface area contributed by atoms with E-state index in [0.717, 1.165) is 36.3 Å². The molecular weight excluding hydrogens is 221 g/mol. The Labute approximate surface area is 101 Å². The molecule has 0 saturated heterocycles. The van der Waals surface area contributed by atoms with E-state index in [2.05, 4.69) is 4.90 Å². The van der Waals surface area contributed by atoms with E-state index in [-0.39, 0.29) is 12.6 Å². The van der Waals surface area contributed by atoms with Crippen molar-refractivity contribution in [2.75, 3.05) is 27.4 Å². The predicted molar refractivity (Wildman–Crippen MR) is 63.6 cm³/mol. The van der Waals surface area contributed by atoms with Crippen molar-refractivity contribution in [1.82, 2.24) is 4.90 Å². The first-order chi connectivity index (χ1) is 8.16. The lowest BCUT2D eigenvalue weighted by Gasteiger charge is -2.21. The third-order valence-corrected chi connectivity index (χ3v) is 2.80. The first-order valence-corrected chi connectivity index (χ1v) is 5.83. The molecular formula is C13H18FNO2. The Morgan fingerprint density at radius 1 is 1.35 bits per heavy atom. The molecule has 0 N–H and O–H groups in total. The SMILES string of the molecule is CN(C)CCCc1cc(F)cc2c1OCOC2. The number of rotatable bonds is 4. The number of hydrogen-bond acceptors (Lipinski definition) is 3. The van der Waals surface area contributed by atoms with Gasteiger partial charge in [-0.25, -0.2) is 4.39 Å². The van der Waals surface area contributed by atoms with Gasteiger partial charge in [0, 0.05) is 5.56 Å². The average molecular weight is 239 g/mol. The third kappa shape index (κ3) is 3.17. The van der Waals surface area contributed by atoms with E-state index in [1.807, 2.05) is 14.1 Å². The molecule has 0 aliphatic carbocycles. The molecule has 3 nitrogen and oxygen atoms in total. The highest BCUT2D eigenvalue weighted by atomic mass is 19.1. The zero-order chi connectivity index (χ0) is 12.3. The maximum Gasteiger partial charge on any atom is 0.189 e. The van der Waals surface area contributed by atoms with Crippen molar-refractivity contribution in [2.45, 2.75) is 19.4 Å². The van der Waals surface area contributed by atoms with E-state index in [1.54, 1.807) is 6.07 Å². The minimum absolute atomic E-state index is 0.210. The number of benzene rings is 1. The van der Waals surface area contributed by atoms with Gasteiger partial charge in [-0.2, -0.15) is 0 Å². The fraction of sp³-hybridized carbons (Fsp3) is 0.538. The molecule has 2 rings (SSSR count). The highest BCUT2D eigenvalue weighted by Gasteiger charge is 2.16. The van der Waals surface area contributed by atoms with E-state index >= 15 is 0 Å². The largest absolute Gasteiger partial charge is 0.467 e. The van der Waals surface area contributed by atoms with Gasteiger partial charge in [-0.15, -0.1) is 0 Å². The van der Waals surface area contributed by atoms with Crippen LogP contribution in [0.5, 0.6) is 5.75 Å². The molecule has 0 spiro atoms. The van der Waals surface area contributed by atoms with E-state index < -0.39 is 0 Å². The summed E-state index contributed by atoms with van der Waals surface area (Å²) < 4.78 is 24.0. The summed E-state index contributed by atoms with van der Waals surface area (Å²) in [6.45, 7) is 1.69. The zero-order valence-electron chi connectivity index (χ0n) is 10.3. The molecule has 17 heavy (non-hydrogen) atoms. The first-order valence-electron chi connectivity index (χ1n) is 5.83. The minimum atomic E-state index is -0.210. The third-order valence-electron chi connectivity index (χ3n) is 2.80. The Morgan fingerprint density at radius 3 is 2.94 bits per heavy atom. The van der Waals surface area contributed by atoms with Crippen molar-refractivity contribution in [1.29, 1.82) is 0 Å². The molecule has 4 heteroatoms. The van der Waals surface area contributed by atoms with Gasteiger partial charge in [0.1, 0.15) is 11.6 Å². The molecule has 1 aromatic carbocycles. The van der Waals surface area contributed by atoms with Crippen LogP contribution in [0.2, 0.25) is 0 Å². The second kappa shape index (κ2) is 5.47. The lowest BCUT2D eigenvalue weighted by molar-refractivity contribution is -0.0172. The van der Waals surface area contributed by atoms with Gasteiger partial charge in [0.15, 0.2) is 6.79 Å². The molecule has 94 valence electrons. The van der Waals surface area contributed by atoms with Gasteiger partial charge >= 0.3 is 0 Å². The number of hydrogen-bond donors (Lipinski definition) is 0. The molecule has 0 radical (unpaired) electrons. The summed E-state index contributed by atoms with van der Waals surface area (Å²) in [4.78, 5) is 2.12. The summed E-state index contributed by atoms with van der Waals surface area (Å²) in [5.74, 6) is 0.606. The molecule has 1 aromatic rings. The maximum atomic E-state index is 13.4. The normalized spacial score (nSPS) is 14.6. The zero-order valence-corrected chi connectivity index (χ0v) is 10.3. The van der Waals surface area contributed by atoms with Crippen LogP contribution in [0.3, 0.4) is 0 Å². The van der Waals surface area contributed by atoms with Crippen LogP contribution < -0.4 is 4.74 Å². The van der Waals surface area contributed by atoms with Gasteiger partial charge < -0.3 is 14.4 Å². The van der Waals surface area contributed by atoms with Crippen LogP contribution in [-0.2, 0) is 17.8 Å². The van der Waals surface area contributed by atoms with E-state index in [9.17, 15) is 4.39 Å². The van der Waals surface area contributed by atoms with Crippen LogP contribution in [0.4, 0.5) is 4.39 Å². The highest BCUT2D eigenvalue weighted by Crippen LogP contribution is 2.30. The van der Waals surface area contributed by atoms with Crippen LogP contribution in [-0.4, -0.2) is 32.3 Å². The lowest BCUT2D eigenvalue weighted by Crippen LogP contribution is -2.16. The molecule has 0 fully saturated rings. The van der Waals surface area contributed by atoms with Crippen LogP contribution >= 0.6 is 0 Å².